The van der Waals surface area contributed by atoms with Gasteiger partial charge in [-0.2, -0.15) is 0 Å². The lowest BCUT2D eigenvalue weighted by Crippen LogP contribution is -2.37. The Morgan fingerprint density at radius 1 is 0.972 bits per heavy atom. The molecule has 2 fully saturated rings. The third-order valence-electron chi connectivity index (χ3n) is 7.91. The van der Waals surface area contributed by atoms with E-state index >= 15 is 0 Å². The predicted molar refractivity (Wildman–Crippen MR) is 149 cm³/mol. The summed E-state index contributed by atoms with van der Waals surface area (Å²) in [6.45, 7) is 6.31. The van der Waals surface area contributed by atoms with E-state index in [0.717, 1.165) is 45.2 Å². The molecule has 1 atom stereocenters. The number of nitrogens with zero attached hydrogens (tertiary/aromatic N) is 1. The fourth-order valence-corrected chi connectivity index (χ4v) is 7.31. The molecule has 2 aliphatic rings. The molecule has 2 aromatic carbocycles. The maximum absolute atomic E-state index is 13.9. The van der Waals surface area contributed by atoms with E-state index < -0.39 is 0 Å². The van der Waals surface area contributed by atoms with Gasteiger partial charge in [0.2, 0.25) is 0 Å². The fraction of sp³-hybridized carbons (Fsp3) is 0.516. The van der Waals surface area contributed by atoms with E-state index in [1.807, 2.05) is 30.3 Å². The molecule has 36 heavy (non-hydrogen) atoms. The molecule has 1 aliphatic heterocycles. The molecule has 1 unspecified atom stereocenters. The number of benzene rings is 2. The van der Waals surface area contributed by atoms with Crippen molar-refractivity contribution < 1.29 is 14.3 Å². The number of likely N-dealkylation sites (tertiary alicyclic amines) is 1. The molecular weight excluding hydrogens is 466 g/mol. The standard InChI is InChI=1S/C31H39NO3S/c1-22-8-7-17-32(21-22)18-19-35-25-13-11-23(12-14-25)30(33)29-27-16-15-26(34-2)20-28(27)36-31(29)24-9-5-3-4-6-10-24/h11-16,20,22,24H,3-10,17-19,21H2,1-2H3. The number of carbonyl (C=O) groups is 1. The highest BCUT2D eigenvalue weighted by atomic mass is 32.1. The molecule has 1 saturated carbocycles. The van der Waals surface area contributed by atoms with Gasteiger partial charge in [-0.3, -0.25) is 9.69 Å². The molecule has 0 radical (unpaired) electrons. The summed E-state index contributed by atoms with van der Waals surface area (Å²) in [5, 5.41) is 1.06. The van der Waals surface area contributed by atoms with Crippen LogP contribution in [0.1, 0.15) is 85.0 Å². The third kappa shape index (κ3) is 5.78. The van der Waals surface area contributed by atoms with Crippen LogP contribution >= 0.6 is 11.3 Å². The molecule has 0 amide bonds. The zero-order valence-corrected chi connectivity index (χ0v) is 22.6. The first-order valence-electron chi connectivity index (χ1n) is 13.7. The van der Waals surface area contributed by atoms with Crippen LogP contribution < -0.4 is 9.47 Å². The lowest BCUT2D eigenvalue weighted by atomic mass is 9.91. The number of thiophene rings is 1. The topological polar surface area (TPSA) is 38.8 Å². The minimum atomic E-state index is 0.125. The first-order valence-corrected chi connectivity index (χ1v) is 14.5. The van der Waals surface area contributed by atoms with E-state index in [1.54, 1.807) is 18.4 Å². The summed E-state index contributed by atoms with van der Waals surface area (Å²) in [6, 6.07) is 13.9. The summed E-state index contributed by atoms with van der Waals surface area (Å²) in [5.41, 5.74) is 1.63. The highest BCUT2D eigenvalue weighted by Crippen LogP contribution is 2.43. The number of ether oxygens (including phenoxy) is 2. The number of ketones is 1. The van der Waals surface area contributed by atoms with Crippen LogP contribution in [0.25, 0.3) is 10.1 Å². The highest BCUT2D eigenvalue weighted by molar-refractivity contribution is 7.19. The highest BCUT2D eigenvalue weighted by Gasteiger charge is 2.26. The average molecular weight is 506 g/mol. The molecule has 1 saturated heterocycles. The number of hydrogen-bond acceptors (Lipinski definition) is 5. The largest absolute Gasteiger partial charge is 0.497 e. The minimum absolute atomic E-state index is 0.125. The lowest BCUT2D eigenvalue weighted by molar-refractivity contribution is 0.103. The van der Waals surface area contributed by atoms with Gasteiger partial charge in [0, 0.05) is 39.2 Å². The number of piperidine rings is 1. The van der Waals surface area contributed by atoms with Crippen molar-refractivity contribution in [3.05, 3.63) is 58.5 Å². The van der Waals surface area contributed by atoms with Gasteiger partial charge >= 0.3 is 0 Å². The normalized spacial score (nSPS) is 19.8. The number of fused-ring (bicyclic) bond motifs is 1. The summed E-state index contributed by atoms with van der Waals surface area (Å²) in [7, 11) is 1.70. The Labute approximate surface area is 219 Å². The summed E-state index contributed by atoms with van der Waals surface area (Å²) in [6.07, 6.45) is 10.1. The molecule has 1 aromatic heterocycles. The van der Waals surface area contributed by atoms with Crippen LogP contribution in [-0.2, 0) is 0 Å². The van der Waals surface area contributed by atoms with Crippen molar-refractivity contribution in [1.29, 1.82) is 0 Å². The third-order valence-corrected chi connectivity index (χ3v) is 9.23. The maximum Gasteiger partial charge on any atom is 0.194 e. The van der Waals surface area contributed by atoms with Crippen LogP contribution in [-0.4, -0.2) is 44.0 Å². The number of rotatable bonds is 8. The Morgan fingerprint density at radius 2 is 1.72 bits per heavy atom. The van der Waals surface area contributed by atoms with Crippen LogP contribution in [0.5, 0.6) is 11.5 Å². The van der Waals surface area contributed by atoms with Gasteiger partial charge in [0.15, 0.2) is 5.78 Å². The Morgan fingerprint density at radius 3 is 2.44 bits per heavy atom. The Bertz CT molecular complexity index is 1160. The molecule has 192 valence electrons. The van der Waals surface area contributed by atoms with Crippen molar-refractivity contribution in [2.45, 2.75) is 64.2 Å². The Kier molecular flexibility index (Phi) is 8.28. The van der Waals surface area contributed by atoms with Crippen LogP contribution in [0.3, 0.4) is 0 Å². The van der Waals surface area contributed by atoms with E-state index in [9.17, 15) is 4.79 Å². The zero-order chi connectivity index (χ0) is 24.9. The molecule has 1 aliphatic carbocycles. The number of methoxy groups -OCH3 is 1. The summed E-state index contributed by atoms with van der Waals surface area (Å²) in [4.78, 5) is 17.7. The van der Waals surface area contributed by atoms with Gasteiger partial charge in [0.05, 0.1) is 7.11 Å². The van der Waals surface area contributed by atoms with E-state index in [0.29, 0.717) is 12.5 Å². The lowest BCUT2D eigenvalue weighted by Gasteiger charge is -2.30. The van der Waals surface area contributed by atoms with Gasteiger partial charge in [0.25, 0.3) is 0 Å². The van der Waals surface area contributed by atoms with Crippen LogP contribution in [0.15, 0.2) is 42.5 Å². The molecular formula is C31H39NO3S. The smallest absolute Gasteiger partial charge is 0.194 e. The zero-order valence-electron chi connectivity index (χ0n) is 21.8. The van der Waals surface area contributed by atoms with E-state index in [1.165, 1.54) is 69.3 Å². The van der Waals surface area contributed by atoms with Crippen LogP contribution in [0.4, 0.5) is 0 Å². The molecule has 5 rings (SSSR count). The van der Waals surface area contributed by atoms with Crippen molar-refractivity contribution in [2.75, 3.05) is 33.4 Å². The number of hydrogen-bond donors (Lipinski definition) is 0. The second-order valence-corrected chi connectivity index (χ2v) is 11.7. The first kappa shape index (κ1) is 25.3. The van der Waals surface area contributed by atoms with Crippen molar-refractivity contribution >= 4 is 27.2 Å². The van der Waals surface area contributed by atoms with Gasteiger partial charge < -0.3 is 9.47 Å². The maximum atomic E-state index is 13.9. The molecule has 3 aromatic rings. The predicted octanol–water partition coefficient (Wildman–Crippen LogP) is 7.69. The Balaban J connectivity index is 1.34. The van der Waals surface area contributed by atoms with Crippen LogP contribution in [0.2, 0.25) is 0 Å². The molecule has 5 heteroatoms. The minimum Gasteiger partial charge on any atom is -0.497 e. The second-order valence-electron chi connectivity index (χ2n) is 10.6. The molecule has 0 spiro atoms. The van der Waals surface area contributed by atoms with Gasteiger partial charge in [0.1, 0.15) is 18.1 Å². The summed E-state index contributed by atoms with van der Waals surface area (Å²) < 4.78 is 12.7. The molecule has 0 bridgehead atoms. The van der Waals surface area contributed by atoms with Gasteiger partial charge in [-0.15, -0.1) is 11.3 Å². The van der Waals surface area contributed by atoms with E-state index in [4.69, 9.17) is 9.47 Å². The number of carbonyl (C=O) groups excluding carboxylic acids is 1. The monoisotopic (exact) mass is 505 g/mol. The average Bonchev–Trinajstić information content (AvgIpc) is 3.06. The van der Waals surface area contributed by atoms with E-state index in [2.05, 4.69) is 24.0 Å². The van der Waals surface area contributed by atoms with Gasteiger partial charge in [-0.05, 0) is 86.5 Å². The Hall–Kier alpha value is -2.37. The van der Waals surface area contributed by atoms with E-state index in [-0.39, 0.29) is 5.78 Å². The van der Waals surface area contributed by atoms with Gasteiger partial charge in [-0.25, -0.2) is 0 Å². The van der Waals surface area contributed by atoms with Crippen molar-refractivity contribution in [1.82, 2.24) is 4.90 Å². The van der Waals surface area contributed by atoms with Crippen molar-refractivity contribution in [2.24, 2.45) is 5.92 Å². The fourth-order valence-electron chi connectivity index (χ4n) is 5.92. The molecule has 4 nitrogen and oxygen atoms in total. The molecule has 0 N–H and O–H groups in total. The SMILES string of the molecule is COc1ccc2c(C(=O)c3ccc(OCCN4CCCC(C)C4)cc3)c(C3CCCCCC3)sc2c1. The van der Waals surface area contributed by atoms with Crippen molar-refractivity contribution in [3.63, 3.8) is 0 Å². The van der Waals surface area contributed by atoms with Crippen molar-refractivity contribution in [3.8, 4) is 11.5 Å². The van der Waals surface area contributed by atoms with Gasteiger partial charge in [-0.1, -0.05) is 32.6 Å². The summed E-state index contributed by atoms with van der Waals surface area (Å²) in [5.74, 6) is 3.05. The summed E-state index contributed by atoms with van der Waals surface area (Å²) >= 11 is 1.79. The van der Waals surface area contributed by atoms with Crippen LogP contribution in [0, 0.1) is 5.92 Å². The quantitative estimate of drug-likeness (QED) is 0.232. The first-order chi connectivity index (χ1) is 17.6. The second kappa shape index (κ2) is 11.8. The molecule has 2 heterocycles.